The summed E-state index contributed by atoms with van der Waals surface area (Å²) in [6.45, 7) is 4.28. The first-order valence-corrected chi connectivity index (χ1v) is 6.46. The number of nitrogens with zero attached hydrogens (tertiary/aromatic N) is 1. The van der Waals surface area contributed by atoms with Crippen molar-refractivity contribution >= 4 is 5.97 Å². The highest BCUT2D eigenvalue weighted by Crippen LogP contribution is 2.20. The summed E-state index contributed by atoms with van der Waals surface area (Å²) < 4.78 is 4.98. The van der Waals surface area contributed by atoms with Gasteiger partial charge in [0.05, 0.1) is 12.2 Å². The summed E-state index contributed by atoms with van der Waals surface area (Å²) in [7, 11) is 0. The van der Waals surface area contributed by atoms with Crippen LogP contribution in [0.1, 0.15) is 29.8 Å². The second-order valence-electron chi connectivity index (χ2n) is 4.23. The summed E-state index contributed by atoms with van der Waals surface area (Å²) >= 11 is 0. The first-order chi connectivity index (χ1) is 9.24. The number of aryl methyl sites for hydroxylation is 1. The third-order valence-electron chi connectivity index (χ3n) is 2.94. The Balaban J connectivity index is 2.29. The summed E-state index contributed by atoms with van der Waals surface area (Å²) in [5.74, 6) is -0.331. The minimum atomic E-state index is -0.331. The molecule has 2 rings (SSSR count). The van der Waals surface area contributed by atoms with E-state index in [1.807, 2.05) is 18.2 Å². The Bertz CT molecular complexity index is 561. The number of carbonyl (C=O) groups excluding carboxylic acids is 1. The average molecular weight is 255 g/mol. The van der Waals surface area contributed by atoms with Crippen molar-refractivity contribution in [3.63, 3.8) is 0 Å². The summed E-state index contributed by atoms with van der Waals surface area (Å²) in [4.78, 5) is 15.8. The highest BCUT2D eigenvalue weighted by Gasteiger charge is 2.08. The molecule has 0 bridgehead atoms. The molecule has 19 heavy (non-hydrogen) atoms. The fourth-order valence-corrected chi connectivity index (χ4v) is 1.86. The molecule has 0 aliphatic carbocycles. The zero-order valence-electron chi connectivity index (χ0n) is 11.2. The third-order valence-corrected chi connectivity index (χ3v) is 2.94. The van der Waals surface area contributed by atoms with E-state index in [1.165, 1.54) is 11.8 Å². The molecule has 0 aliphatic rings. The lowest BCUT2D eigenvalue weighted by Crippen LogP contribution is -2.05. The number of hydrogen-bond donors (Lipinski definition) is 0. The van der Waals surface area contributed by atoms with Gasteiger partial charge in [-0.2, -0.15) is 0 Å². The van der Waals surface area contributed by atoms with E-state index in [4.69, 9.17) is 4.74 Å². The zero-order chi connectivity index (χ0) is 13.7. The maximum atomic E-state index is 11.7. The lowest BCUT2D eigenvalue weighted by molar-refractivity contribution is 0.0526. The first kappa shape index (κ1) is 13.3. The summed E-state index contributed by atoms with van der Waals surface area (Å²) in [6.07, 6.45) is 4.30. The van der Waals surface area contributed by atoms with Gasteiger partial charge in [0, 0.05) is 18.0 Å². The van der Waals surface area contributed by atoms with Crippen LogP contribution < -0.4 is 0 Å². The Morgan fingerprint density at radius 2 is 1.84 bits per heavy atom. The van der Waals surface area contributed by atoms with Gasteiger partial charge in [-0.3, -0.25) is 4.98 Å². The van der Waals surface area contributed by atoms with Crippen molar-refractivity contribution < 1.29 is 9.53 Å². The molecule has 1 aromatic carbocycles. The van der Waals surface area contributed by atoms with Crippen molar-refractivity contribution in [2.45, 2.75) is 20.3 Å². The van der Waals surface area contributed by atoms with Crippen LogP contribution >= 0.6 is 0 Å². The lowest BCUT2D eigenvalue weighted by atomic mass is 10.0. The lowest BCUT2D eigenvalue weighted by Gasteiger charge is -2.05. The molecule has 98 valence electrons. The van der Waals surface area contributed by atoms with Gasteiger partial charge < -0.3 is 4.74 Å². The Kier molecular flexibility index (Phi) is 4.29. The van der Waals surface area contributed by atoms with Crippen LogP contribution in [0.25, 0.3) is 11.1 Å². The minimum Gasteiger partial charge on any atom is -0.462 e. The molecule has 0 amide bonds. The number of esters is 1. The SMILES string of the molecule is CCOC(=O)c1cncc(-c2ccc(CC)cc2)c1. The van der Waals surface area contributed by atoms with E-state index in [1.54, 1.807) is 13.1 Å². The van der Waals surface area contributed by atoms with Crippen molar-refractivity contribution in [3.8, 4) is 11.1 Å². The monoisotopic (exact) mass is 255 g/mol. The van der Waals surface area contributed by atoms with Crippen LogP contribution in [0.2, 0.25) is 0 Å². The number of hydrogen-bond acceptors (Lipinski definition) is 3. The average Bonchev–Trinajstić information content (AvgIpc) is 2.48. The summed E-state index contributed by atoms with van der Waals surface area (Å²) in [5, 5.41) is 0. The van der Waals surface area contributed by atoms with E-state index in [0.29, 0.717) is 12.2 Å². The molecule has 0 unspecified atom stereocenters. The number of benzene rings is 1. The normalized spacial score (nSPS) is 10.2. The van der Waals surface area contributed by atoms with E-state index >= 15 is 0 Å². The van der Waals surface area contributed by atoms with Crippen LogP contribution in [0.3, 0.4) is 0 Å². The Labute approximate surface area is 113 Å². The second kappa shape index (κ2) is 6.14. The van der Waals surface area contributed by atoms with Crippen LogP contribution in [-0.2, 0) is 11.2 Å². The maximum Gasteiger partial charge on any atom is 0.339 e. The quantitative estimate of drug-likeness (QED) is 0.785. The van der Waals surface area contributed by atoms with E-state index < -0.39 is 0 Å². The fraction of sp³-hybridized carbons (Fsp3) is 0.250. The standard InChI is InChI=1S/C16H17NO2/c1-3-12-5-7-13(8-6-12)14-9-15(11-17-10-14)16(18)19-4-2/h5-11H,3-4H2,1-2H3. The largest absolute Gasteiger partial charge is 0.462 e. The predicted octanol–water partition coefficient (Wildman–Crippen LogP) is 3.49. The minimum absolute atomic E-state index is 0.331. The topological polar surface area (TPSA) is 39.2 Å². The smallest absolute Gasteiger partial charge is 0.339 e. The molecule has 0 radical (unpaired) electrons. The van der Waals surface area contributed by atoms with Gasteiger partial charge >= 0.3 is 5.97 Å². The van der Waals surface area contributed by atoms with Crippen molar-refractivity contribution in [2.75, 3.05) is 6.61 Å². The molecule has 0 N–H and O–H groups in total. The van der Waals surface area contributed by atoms with Gasteiger partial charge in [-0.05, 0) is 30.5 Å². The Morgan fingerprint density at radius 3 is 2.47 bits per heavy atom. The van der Waals surface area contributed by atoms with Crippen molar-refractivity contribution in [1.82, 2.24) is 4.98 Å². The van der Waals surface area contributed by atoms with Gasteiger partial charge in [0.25, 0.3) is 0 Å². The Hall–Kier alpha value is -2.16. The van der Waals surface area contributed by atoms with Gasteiger partial charge in [-0.25, -0.2) is 4.79 Å². The van der Waals surface area contributed by atoms with Crippen molar-refractivity contribution in [2.24, 2.45) is 0 Å². The Morgan fingerprint density at radius 1 is 1.11 bits per heavy atom. The highest BCUT2D eigenvalue weighted by molar-refractivity contribution is 5.90. The molecule has 0 fully saturated rings. The molecule has 3 nitrogen and oxygen atoms in total. The highest BCUT2D eigenvalue weighted by atomic mass is 16.5. The first-order valence-electron chi connectivity index (χ1n) is 6.46. The van der Waals surface area contributed by atoms with E-state index in [2.05, 4.69) is 24.0 Å². The van der Waals surface area contributed by atoms with Gasteiger partial charge in [-0.1, -0.05) is 31.2 Å². The van der Waals surface area contributed by atoms with Gasteiger partial charge in [0.1, 0.15) is 0 Å². The fourth-order valence-electron chi connectivity index (χ4n) is 1.86. The molecule has 1 heterocycles. The molecule has 0 spiro atoms. The van der Waals surface area contributed by atoms with E-state index in [9.17, 15) is 4.79 Å². The predicted molar refractivity (Wildman–Crippen MR) is 75.0 cm³/mol. The van der Waals surface area contributed by atoms with Crippen LogP contribution in [0.4, 0.5) is 0 Å². The third kappa shape index (κ3) is 3.19. The van der Waals surface area contributed by atoms with Crippen molar-refractivity contribution in [3.05, 3.63) is 53.9 Å². The molecular weight excluding hydrogens is 238 g/mol. The van der Waals surface area contributed by atoms with Crippen LogP contribution in [0.5, 0.6) is 0 Å². The summed E-state index contributed by atoms with van der Waals surface area (Å²) in [5.41, 5.74) is 3.75. The van der Waals surface area contributed by atoms with Gasteiger partial charge in [-0.15, -0.1) is 0 Å². The zero-order valence-corrected chi connectivity index (χ0v) is 11.2. The molecule has 0 saturated carbocycles. The molecule has 0 atom stereocenters. The van der Waals surface area contributed by atoms with Gasteiger partial charge in [0.15, 0.2) is 0 Å². The van der Waals surface area contributed by atoms with Crippen molar-refractivity contribution in [1.29, 1.82) is 0 Å². The number of rotatable bonds is 4. The van der Waals surface area contributed by atoms with Crippen LogP contribution in [0.15, 0.2) is 42.7 Å². The number of ether oxygens (including phenoxy) is 1. The number of carbonyl (C=O) groups is 1. The number of pyridine rings is 1. The molecule has 0 saturated heterocycles. The van der Waals surface area contributed by atoms with E-state index in [0.717, 1.165) is 17.5 Å². The number of aromatic nitrogens is 1. The molecule has 2 aromatic rings. The molecule has 3 heteroatoms. The van der Waals surface area contributed by atoms with Gasteiger partial charge in [0.2, 0.25) is 0 Å². The maximum absolute atomic E-state index is 11.7. The molecular formula is C16H17NO2. The van der Waals surface area contributed by atoms with E-state index in [-0.39, 0.29) is 5.97 Å². The van der Waals surface area contributed by atoms with Crippen LogP contribution in [0, 0.1) is 0 Å². The summed E-state index contributed by atoms with van der Waals surface area (Å²) in [6, 6.07) is 10.1. The molecule has 1 aromatic heterocycles. The molecule has 0 aliphatic heterocycles. The second-order valence-corrected chi connectivity index (χ2v) is 4.23. The van der Waals surface area contributed by atoms with Crippen LogP contribution in [-0.4, -0.2) is 17.6 Å².